The average Bonchev–Trinajstić information content (AvgIpc) is 3.06. The van der Waals surface area contributed by atoms with E-state index in [9.17, 15) is 14.4 Å². The molecule has 2 aliphatic heterocycles. The van der Waals surface area contributed by atoms with E-state index in [4.69, 9.17) is 21.1 Å². The number of rotatable bonds is 9. The van der Waals surface area contributed by atoms with Crippen molar-refractivity contribution in [2.45, 2.75) is 64.1 Å². The van der Waals surface area contributed by atoms with Crippen molar-refractivity contribution in [2.75, 3.05) is 43.6 Å². The van der Waals surface area contributed by atoms with Crippen molar-refractivity contribution in [1.29, 1.82) is 0 Å². The lowest BCUT2D eigenvalue weighted by atomic mass is 9.84. The first kappa shape index (κ1) is 32.7. The summed E-state index contributed by atoms with van der Waals surface area (Å²) in [6.45, 7) is 5.13. The predicted molar refractivity (Wildman–Crippen MR) is 183 cm³/mol. The van der Waals surface area contributed by atoms with Gasteiger partial charge in [-0.05, 0) is 111 Å². The molecule has 248 valence electrons. The van der Waals surface area contributed by atoms with Crippen molar-refractivity contribution in [1.82, 2.24) is 10.2 Å². The van der Waals surface area contributed by atoms with Crippen LogP contribution in [0.4, 0.5) is 11.4 Å². The molecule has 1 aliphatic carbocycles. The van der Waals surface area contributed by atoms with Gasteiger partial charge in [-0.3, -0.25) is 14.4 Å². The number of benzene rings is 3. The molecular formula is C37H43ClN4O5. The summed E-state index contributed by atoms with van der Waals surface area (Å²) in [6.07, 6.45) is 4.05. The van der Waals surface area contributed by atoms with E-state index in [-0.39, 0.29) is 55.4 Å². The summed E-state index contributed by atoms with van der Waals surface area (Å²) in [5, 5.41) is 3.27. The number of halogens is 1. The number of nitrogens with one attached hydrogen (secondary N) is 1. The minimum absolute atomic E-state index is 0.000404. The first-order valence-corrected chi connectivity index (χ1v) is 16.8. The van der Waals surface area contributed by atoms with Crippen LogP contribution in [-0.4, -0.2) is 68.6 Å². The molecule has 0 radical (unpaired) electrons. The summed E-state index contributed by atoms with van der Waals surface area (Å²) < 4.78 is 11.8. The van der Waals surface area contributed by atoms with Gasteiger partial charge < -0.3 is 29.5 Å². The van der Waals surface area contributed by atoms with Crippen LogP contribution in [0.15, 0.2) is 60.7 Å². The van der Waals surface area contributed by atoms with E-state index < -0.39 is 0 Å². The minimum Gasteiger partial charge on any atom is -0.493 e. The van der Waals surface area contributed by atoms with Crippen LogP contribution in [-0.2, 0) is 20.8 Å². The molecule has 1 N–H and O–H groups in total. The molecule has 3 amide bonds. The van der Waals surface area contributed by atoms with Crippen molar-refractivity contribution >= 4 is 40.7 Å². The fourth-order valence-electron chi connectivity index (χ4n) is 7.24. The number of carbonyl (C=O) groups is 3. The minimum atomic E-state index is -0.374. The van der Waals surface area contributed by atoms with Crippen LogP contribution in [0.25, 0.3) is 0 Å². The lowest BCUT2D eigenvalue weighted by molar-refractivity contribution is -0.143. The molecule has 3 aromatic carbocycles. The molecule has 0 bridgehead atoms. The second kappa shape index (κ2) is 13.9. The predicted octanol–water partition coefficient (Wildman–Crippen LogP) is 5.77. The van der Waals surface area contributed by atoms with Gasteiger partial charge in [-0.1, -0.05) is 23.7 Å². The molecule has 2 fully saturated rings. The van der Waals surface area contributed by atoms with E-state index in [1.54, 1.807) is 12.0 Å². The number of fused-ring (bicyclic) bond motifs is 1. The number of hydrogen-bond acceptors (Lipinski definition) is 6. The number of anilines is 2. The van der Waals surface area contributed by atoms with Crippen LogP contribution in [0.5, 0.6) is 11.5 Å². The highest BCUT2D eigenvalue weighted by molar-refractivity contribution is 6.30. The van der Waals surface area contributed by atoms with Gasteiger partial charge in [0, 0.05) is 36.0 Å². The molecule has 1 unspecified atom stereocenters. The lowest BCUT2D eigenvalue weighted by Gasteiger charge is -2.39. The second-order valence-electron chi connectivity index (χ2n) is 13.1. The van der Waals surface area contributed by atoms with Crippen LogP contribution >= 0.6 is 11.6 Å². The summed E-state index contributed by atoms with van der Waals surface area (Å²) in [5.41, 5.74) is 4.75. The number of ether oxygens (including phenoxy) is 2. The monoisotopic (exact) mass is 658 g/mol. The third-order valence-electron chi connectivity index (χ3n) is 9.57. The van der Waals surface area contributed by atoms with E-state index in [0.29, 0.717) is 22.4 Å². The number of methoxy groups -OCH3 is 1. The van der Waals surface area contributed by atoms with Gasteiger partial charge in [0.25, 0.3) is 0 Å². The molecule has 0 aromatic heterocycles. The average molecular weight is 659 g/mol. The number of piperazine rings is 1. The van der Waals surface area contributed by atoms with Gasteiger partial charge in [-0.2, -0.15) is 0 Å². The van der Waals surface area contributed by atoms with Crippen molar-refractivity contribution in [2.24, 2.45) is 5.92 Å². The van der Waals surface area contributed by atoms with Gasteiger partial charge in [0.1, 0.15) is 0 Å². The number of nitrogens with zero attached hydrogens (tertiary/aromatic N) is 3. The van der Waals surface area contributed by atoms with Gasteiger partial charge >= 0.3 is 0 Å². The Morgan fingerprint density at radius 3 is 2.30 bits per heavy atom. The van der Waals surface area contributed by atoms with Crippen LogP contribution in [0.1, 0.15) is 62.3 Å². The number of hydrogen-bond donors (Lipinski definition) is 1. The van der Waals surface area contributed by atoms with Crippen LogP contribution in [0.2, 0.25) is 5.02 Å². The maximum Gasteiger partial charge on any atom is 0.242 e. The maximum atomic E-state index is 13.9. The van der Waals surface area contributed by atoms with Crippen molar-refractivity contribution in [3.63, 3.8) is 0 Å². The Bertz CT molecular complexity index is 1620. The molecule has 1 atom stereocenters. The quantitative estimate of drug-likeness (QED) is 0.314. The molecule has 47 heavy (non-hydrogen) atoms. The largest absolute Gasteiger partial charge is 0.493 e. The first-order valence-electron chi connectivity index (χ1n) is 16.4. The van der Waals surface area contributed by atoms with Crippen molar-refractivity contribution < 1.29 is 23.9 Å². The molecule has 2 heterocycles. The summed E-state index contributed by atoms with van der Waals surface area (Å²) in [4.78, 5) is 44.0. The second-order valence-corrected chi connectivity index (χ2v) is 13.6. The summed E-state index contributed by atoms with van der Waals surface area (Å²) in [5.74, 6) is 1.70. The Morgan fingerprint density at radius 2 is 1.64 bits per heavy atom. The Labute approximate surface area is 281 Å². The Hall–Kier alpha value is -4.24. The highest BCUT2D eigenvalue weighted by Crippen LogP contribution is 2.44. The van der Waals surface area contributed by atoms with Gasteiger partial charge in [-0.15, -0.1) is 0 Å². The zero-order chi connectivity index (χ0) is 33.2. The van der Waals surface area contributed by atoms with E-state index in [1.807, 2.05) is 67.3 Å². The lowest BCUT2D eigenvalue weighted by Crippen LogP contribution is -2.55. The Balaban J connectivity index is 1.21. The Kier molecular flexibility index (Phi) is 9.64. The third-order valence-corrected chi connectivity index (χ3v) is 9.82. The fraction of sp³-hybridized carbons (Fsp3) is 0.432. The van der Waals surface area contributed by atoms with E-state index in [2.05, 4.69) is 29.4 Å². The van der Waals surface area contributed by atoms with Gasteiger partial charge in [-0.25, -0.2) is 0 Å². The summed E-state index contributed by atoms with van der Waals surface area (Å²) in [7, 11) is 3.72. The van der Waals surface area contributed by atoms with Crippen LogP contribution < -0.4 is 24.6 Å². The van der Waals surface area contributed by atoms with E-state index in [1.165, 1.54) is 0 Å². The zero-order valence-electron chi connectivity index (χ0n) is 27.5. The standard InChI is InChI=1S/C37H43ClN4O5/c1-23(2)47-33-19-31-26(17-32(33)46-4)18-35(44)42(37(31)25-7-9-27(38)10-8-25)30-15-13-28(14-16-30)40(3)21-24-5-11-29(12-6-24)41-22-34(43)39-20-36(41)45/h7-10,13-17,19,23-24,29,37H,5-6,11-12,18,20-22H2,1-4H3,(H,39,43). The van der Waals surface area contributed by atoms with Gasteiger partial charge in [0.2, 0.25) is 17.7 Å². The molecule has 9 nitrogen and oxygen atoms in total. The first-order chi connectivity index (χ1) is 22.6. The molecule has 3 aromatic rings. The fourth-order valence-corrected chi connectivity index (χ4v) is 7.36. The van der Waals surface area contributed by atoms with Crippen LogP contribution in [0, 0.1) is 5.92 Å². The molecule has 10 heteroatoms. The molecule has 1 saturated heterocycles. The molecule has 6 rings (SSSR count). The van der Waals surface area contributed by atoms with E-state index in [0.717, 1.165) is 60.3 Å². The van der Waals surface area contributed by atoms with Crippen molar-refractivity contribution in [3.05, 3.63) is 82.4 Å². The Morgan fingerprint density at radius 1 is 0.936 bits per heavy atom. The smallest absolute Gasteiger partial charge is 0.242 e. The molecule has 0 spiro atoms. The number of amides is 3. The normalized spacial score (nSPS) is 21.4. The molecule has 1 saturated carbocycles. The molecule has 3 aliphatic rings. The van der Waals surface area contributed by atoms with Gasteiger partial charge in [0.15, 0.2) is 11.5 Å². The van der Waals surface area contributed by atoms with E-state index >= 15 is 0 Å². The highest BCUT2D eigenvalue weighted by Gasteiger charge is 2.37. The SMILES string of the molecule is COc1cc2c(cc1OC(C)C)C(c1ccc(Cl)cc1)N(c1ccc(N(C)CC3CCC(N4CC(=O)NCC4=O)CC3)cc1)C(=O)C2. The topological polar surface area (TPSA) is 91.4 Å². The third kappa shape index (κ3) is 7.05. The molecular weight excluding hydrogens is 616 g/mol. The summed E-state index contributed by atoms with van der Waals surface area (Å²) in [6, 6.07) is 19.6. The zero-order valence-corrected chi connectivity index (χ0v) is 28.3. The van der Waals surface area contributed by atoms with Crippen molar-refractivity contribution in [3.8, 4) is 11.5 Å². The highest BCUT2D eigenvalue weighted by atomic mass is 35.5. The maximum absolute atomic E-state index is 13.9. The van der Waals surface area contributed by atoms with Crippen LogP contribution in [0.3, 0.4) is 0 Å². The number of carbonyl (C=O) groups excluding carboxylic acids is 3. The summed E-state index contributed by atoms with van der Waals surface area (Å²) >= 11 is 6.27. The van der Waals surface area contributed by atoms with Gasteiger partial charge in [0.05, 0.1) is 38.8 Å².